The molecule has 2 aromatic rings. The Morgan fingerprint density at radius 1 is 1.00 bits per heavy atom. The van der Waals surface area contributed by atoms with E-state index in [-0.39, 0.29) is 18.1 Å². The summed E-state index contributed by atoms with van der Waals surface area (Å²) in [5.41, 5.74) is 0.602. The van der Waals surface area contributed by atoms with Crippen molar-refractivity contribution in [3.63, 3.8) is 0 Å². The summed E-state index contributed by atoms with van der Waals surface area (Å²) in [7, 11) is 0. The van der Waals surface area contributed by atoms with Crippen LogP contribution >= 0.6 is 0 Å². The Hall–Kier alpha value is -2.62. The van der Waals surface area contributed by atoms with Crippen molar-refractivity contribution in [3.05, 3.63) is 54.6 Å². The van der Waals surface area contributed by atoms with Crippen molar-refractivity contribution in [1.82, 2.24) is 0 Å². The summed E-state index contributed by atoms with van der Waals surface area (Å²) in [6.45, 7) is 1.38. The summed E-state index contributed by atoms with van der Waals surface area (Å²) < 4.78 is 5.66. The molecule has 4 nitrogen and oxygen atoms in total. The second-order valence-corrected chi connectivity index (χ2v) is 4.37. The van der Waals surface area contributed by atoms with Gasteiger partial charge in [-0.1, -0.05) is 24.3 Å². The lowest BCUT2D eigenvalue weighted by molar-refractivity contribution is -0.124. The average molecular weight is 269 g/mol. The maximum atomic E-state index is 11.5. The van der Waals surface area contributed by atoms with Crippen molar-refractivity contribution >= 4 is 17.4 Å². The summed E-state index contributed by atoms with van der Waals surface area (Å²) in [5.74, 6) is 0.852. The number of carbonyl (C=O) groups excluding carboxylic acids is 2. The number of hydrogen-bond donors (Lipinski definition) is 1. The molecule has 0 fully saturated rings. The molecule has 0 unspecified atom stereocenters. The monoisotopic (exact) mass is 269 g/mol. The van der Waals surface area contributed by atoms with E-state index in [0.29, 0.717) is 11.4 Å². The Balaban J connectivity index is 2.04. The van der Waals surface area contributed by atoms with Crippen molar-refractivity contribution in [3.8, 4) is 11.5 Å². The Morgan fingerprint density at radius 3 is 2.40 bits per heavy atom. The Kier molecular flexibility index (Phi) is 4.50. The van der Waals surface area contributed by atoms with E-state index in [1.807, 2.05) is 30.3 Å². The van der Waals surface area contributed by atoms with Gasteiger partial charge in [-0.15, -0.1) is 0 Å². The van der Waals surface area contributed by atoms with E-state index < -0.39 is 0 Å². The van der Waals surface area contributed by atoms with Gasteiger partial charge in [0.25, 0.3) is 0 Å². The summed E-state index contributed by atoms with van der Waals surface area (Å²) in [6, 6.07) is 16.4. The first kappa shape index (κ1) is 13.8. The molecule has 2 rings (SSSR count). The Bertz CT molecular complexity index is 608. The highest BCUT2D eigenvalue weighted by Crippen LogP contribution is 2.23. The fraction of sp³-hybridized carbons (Fsp3) is 0.125. The molecule has 0 atom stereocenters. The molecular weight excluding hydrogens is 254 g/mol. The first-order chi connectivity index (χ1) is 9.63. The van der Waals surface area contributed by atoms with E-state index in [0.717, 1.165) is 5.75 Å². The number of ketones is 1. The van der Waals surface area contributed by atoms with Gasteiger partial charge in [0.05, 0.1) is 6.42 Å². The van der Waals surface area contributed by atoms with E-state index in [1.54, 1.807) is 24.3 Å². The van der Waals surface area contributed by atoms with E-state index in [9.17, 15) is 9.59 Å². The number of ether oxygens (including phenoxy) is 1. The molecule has 0 aromatic heterocycles. The molecule has 0 aliphatic carbocycles. The van der Waals surface area contributed by atoms with Crippen LogP contribution in [0.2, 0.25) is 0 Å². The van der Waals surface area contributed by atoms with Gasteiger partial charge in [-0.05, 0) is 31.2 Å². The third-order valence-corrected chi connectivity index (χ3v) is 2.51. The minimum Gasteiger partial charge on any atom is -0.457 e. The second-order valence-electron chi connectivity index (χ2n) is 4.37. The molecule has 0 aliphatic rings. The number of rotatable bonds is 5. The predicted molar refractivity (Wildman–Crippen MR) is 76.9 cm³/mol. The summed E-state index contributed by atoms with van der Waals surface area (Å²) >= 11 is 0. The Morgan fingerprint density at radius 2 is 1.70 bits per heavy atom. The lowest BCUT2D eigenvalue weighted by Gasteiger charge is -2.08. The van der Waals surface area contributed by atoms with Crippen LogP contribution in [0, 0.1) is 0 Å². The molecule has 0 bridgehead atoms. The number of hydrogen-bond acceptors (Lipinski definition) is 3. The Labute approximate surface area is 117 Å². The molecule has 1 N–H and O–H groups in total. The number of carbonyl (C=O) groups is 2. The van der Waals surface area contributed by atoms with Crippen LogP contribution in [-0.4, -0.2) is 11.7 Å². The normalized spacial score (nSPS) is 9.85. The maximum Gasteiger partial charge on any atom is 0.231 e. The van der Waals surface area contributed by atoms with Crippen molar-refractivity contribution in [2.24, 2.45) is 0 Å². The number of nitrogens with one attached hydrogen (secondary N) is 1. The van der Waals surface area contributed by atoms with E-state index >= 15 is 0 Å². The smallest absolute Gasteiger partial charge is 0.231 e. The van der Waals surface area contributed by atoms with Crippen molar-refractivity contribution in [2.75, 3.05) is 5.32 Å². The zero-order valence-corrected chi connectivity index (χ0v) is 11.1. The van der Waals surface area contributed by atoms with Gasteiger partial charge in [-0.3, -0.25) is 9.59 Å². The predicted octanol–water partition coefficient (Wildman–Crippen LogP) is 3.40. The molecular formula is C16H15NO3. The van der Waals surface area contributed by atoms with Gasteiger partial charge < -0.3 is 10.1 Å². The van der Waals surface area contributed by atoms with Gasteiger partial charge in [0, 0.05) is 11.8 Å². The molecule has 0 saturated heterocycles. The fourth-order valence-corrected chi connectivity index (χ4v) is 1.69. The van der Waals surface area contributed by atoms with E-state index in [4.69, 9.17) is 4.74 Å². The molecule has 4 heteroatoms. The molecule has 0 aliphatic heterocycles. The van der Waals surface area contributed by atoms with Crippen LogP contribution in [0.3, 0.4) is 0 Å². The third kappa shape index (κ3) is 4.24. The molecule has 0 saturated carbocycles. The summed E-state index contributed by atoms with van der Waals surface area (Å²) in [6.07, 6.45) is -0.121. The SMILES string of the molecule is CC(=O)CC(=O)Nc1cccc(Oc2ccccc2)c1. The van der Waals surface area contributed by atoms with Crippen LogP contribution in [0.25, 0.3) is 0 Å². The molecule has 0 spiro atoms. The highest BCUT2D eigenvalue weighted by molar-refractivity contribution is 6.03. The average Bonchev–Trinajstić information content (AvgIpc) is 2.39. The van der Waals surface area contributed by atoms with E-state index in [2.05, 4.69) is 5.32 Å². The van der Waals surface area contributed by atoms with Crippen LogP contribution in [-0.2, 0) is 9.59 Å². The lowest BCUT2D eigenvalue weighted by atomic mass is 10.2. The second kappa shape index (κ2) is 6.52. The van der Waals surface area contributed by atoms with Gasteiger partial charge in [0.1, 0.15) is 17.3 Å². The summed E-state index contributed by atoms with van der Waals surface area (Å²) in [5, 5.41) is 2.66. The van der Waals surface area contributed by atoms with Gasteiger partial charge in [0.2, 0.25) is 5.91 Å². The molecule has 102 valence electrons. The zero-order chi connectivity index (χ0) is 14.4. The highest BCUT2D eigenvalue weighted by Gasteiger charge is 2.06. The minimum atomic E-state index is -0.325. The zero-order valence-electron chi connectivity index (χ0n) is 11.1. The first-order valence-electron chi connectivity index (χ1n) is 6.26. The summed E-state index contributed by atoms with van der Waals surface area (Å²) in [4.78, 5) is 22.4. The van der Waals surface area contributed by atoms with Crippen LogP contribution in [0.1, 0.15) is 13.3 Å². The quantitative estimate of drug-likeness (QED) is 0.846. The molecule has 1 amide bonds. The lowest BCUT2D eigenvalue weighted by Crippen LogP contribution is -2.14. The van der Waals surface area contributed by atoms with Crippen molar-refractivity contribution in [1.29, 1.82) is 0 Å². The topological polar surface area (TPSA) is 55.4 Å². The molecule has 2 aromatic carbocycles. The largest absolute Gasteiger partial charge is 0.457 e. The fourth-order valence-electron chi connectivity index (χ4n) is 1.69. The van der Waals surface area contributed by atoms with Gasteiger partial charge in [-0.2, -0.15) is 0 Å². The molecule has 20 heavy (non-hydrogen) atoms. The van der Waals surface area contributed by atoms with Crippen molar-refractivity contribution < 1.29 is 14.3 Å². The van der Waals surface area contributed by atoms with Crippen molar-refractivity contribution in [2.45, 2.75) is 13.3 Å². The van der Waals surface area contributed by atoms with Crippen LogP contribution in [0.4, 0.5) is 5.69 Å². The standard InChI is InChI=1S/C16H15NO3/c1-12(18)10-16(19)17-13-6-5-9-15(11-13)20-14-7-3-2-4-8-14/h2-9,11H,10H2,1H3,(H,17,19). The number of para-hydroxylation sites is 1. The number of Topliss-reactive ketones (excluding diaryl/α,β-unsaturated/α-hetero) is 1. The van der Waals surface area contributed by atoms with Gasteiger partial charge in [0.15, 0.2) is 0 Å². The maximum absolute atomic E-state index is 11.5. The van der Waals surface area contributed by atoms with E-state index in [1.165, 1.54) is 6.92 Å². The van der Waals surface area contributed by atoms with Crippen LogP contribution in [0.5, 0.6) is 11.5 Å². The minimum absolute atomic E-state index is 0.121. The molecule has 0 heterocycles. The third-order valence-electron chi connectivity index (χ3n) is 2.51. The van der Waals surface area contributed by atoms with Gasteiger partial charge >= 0.3 is 0 Å². The first-order valence-corrected chi connectivity index (χ1v) is 6.26. The highest BCUT2D eigenvalue weighted by atomic mass is 16.5. The van der Waals surface area contributed by atoms with Crippen LogP contribution < -0.4 is 10.1 Å². The number of amides is 1. The molecule has 0 radical (unpaired) electrons. The number of anilines is 1. The number of benzene rings is 2. The van der Waals surface area contributed by atoms with Crippen LogP contribution in [0.15, 0.2) is 54.6 Å². The van der Waals surface area contributed by atoms with Gasteiger partial charge in [-0.25, -0.2) is 0 Å².